The van der Waals surface area contributed by atoms with Gasteiger partial charge in [0.15, 0.2) is 1.41 Å². The topological polar surface area (TPSA) is 165 Å². The van der Waals surface area contributed by atoms with Crippen molar-refractivity contribution in [2.24, 2.45) is 11.5 Å². The Labute approximate surface area is 119 Å². The van der Waals surface area contributed by atoms with Gasteiger partial charge >= 0.3 is 5.97 Å². The maximum atomic E-state index is 11.7. The molecule has 0 aromatic rings. The molecule has 0 saturated carbocycles. The van der Waals surface area contributed by atoms with Crippen molar-refractivity contribution in [3.05, 3.63) is 0 Å². The van der Waals surface area contributed by atoms with Crippen molar-refractivity contribution in [3.8, 4) is 0 Å². The summed E-state index contributed by atoms with van der Waals surface area (Å²) in [7, 11) is 0. The first-order valence-corrected chi connectivity index (χ1v) is 5.92. The first kappa shape index (κ1) is 14.3. The minimum atomic E-state index is -1.35. The second-order valence-corrected chi connectivity index (χ2v) is 4.27. The van der Waals surface area contributed by atoms with Gasteiger partial charge in [0, 0.05) is 6.42 Å². The van der Waals surface area contributed by atoms with E-state index < -0.39 is 41.8 Å². The van der Waals surface area contributed by atoms with E-state index >= 15 is 0 Å². The fourth-order valence-corrected chi connectivity index (χ4v) is 1.18. The molecule has 0 aliphatic rings. The summed E-state index contributed by atoms with van der Waals surface area (Å²) in [6, 6.07) is -3.46. The second kappa shape index (κ2) is 8.10. The summed E-state index contributed by atoms with van der Waals surface area (Å²) in [6.45, 7) is 2.60. The quantitative estimate of drug-likeness (QED) is 0.319. The smallest absolute Gasteiger partial charge is 0.325 e. The van der Waals surface area contributed by atoms with Gasteiger partial charge in [0.25, 0.3) is 0 Å². The van der Waals surface area contributed by atoms with Crippen molar-refractivity contribution in [2.45, 2.75) is 44.8 Å². The molecule has 7 N–H and O–H groups in total. The number of hydrogen-bond donors (Lipinski definition) is 5. The van der Waals surface area contributed by atoms with Crippen LogP contribution in [0.4, 0.5) is 0 Å². The maximum absolute atomic E-state index is 11.7. The average Bonchev–Trinajstić information content (AvgIpc) is 2.44. The predicted octanol–water partition coefficient (Wildman–Crippen LogP) is -2.33. The molecule has 20 heavy (non-hydrogen) atoms. The Morgan fingerprint density at radius 1 is 1.35 bits per heavy atom. The van der Waals surface area contributed by atoms with Gasteiger partial charge in [0.05, 0.1) is 6.04 Å². The Morgan fingerprint density at radius 3 is 2.40 bits per heavy atom. The Hall–Kier alpha value is -2.16. The average molecular weight is 290 g/mol. The Morgan fingerprint density at radius 2 is 1.95 bits per heavy atom. The number of nitrogens with one attached hydrogen (secondary N) is 2. The van der Waals surface area contributed by atoms with Gasteiger partial charge in [-0.3, -0.25) is 19.2 Å². The largest absolute Gasteiger partial charge is 0.480 e. The number of rotatable bonds is 9. The zero-order valence-corrected chi connectivity index (χ0v) is 11.3. The highest BCUT2D eigenvalue weighted by Crippen LogP contribution is 1.99. The molecule has 3 amide bonds. The highest BCUT2D eigenvalue weighted by atomic mass is 16.4. The molecule has 0 fully saturated rings. The Bertz CT molecular complexity index is 448. The molecule has 0 unspecified atom stereocenters. The zero-order chi connectivity index (χ0) is 17.4. The summed E-state index contributed by atoms with van der Waals surface area (Å²) in [6.07, 6.45) is -0.510. The standard InChI is InChI=1S/C11H20N4O5/c1-5(12)10(18)15-7(9(13)17)3-4-8(16)14-6(2)11(19)20/h5-7H,3-4,12H2,1-2H3,(H2,13,17)(H,14,16)(H,15,18)(H,19,20)/t5-,6+,7+/m1/s1/i/hD2. The minimum Gasteiger partial charge on any atom is -0.480 e. The molecular formula is C11H20N4O5. The van der Waals surface area contributed by atoms with E-state index in [0.29, 0.717) is 5.31 Å². The molecule has 114 valence electrons. The molecule has 0 aliphatic heterocycles. The Kier molecular flexibility index (Phi) is 5.77. The summed E-state index contributed by atoms with van der Waals surface area (Å²) in [5.41, 5.74) is 6.99. The predicted molar refractivity (Wildman–Crippen MR) is 69.2 cm³/mol. The lowest BCUT2D eigenvalue weighted by Crippen LogP contribution is -2.50. The number of hydrogen-bond acceptors (Lipinski definition) is 5. The fraction of sp³-hybridized carbons (Fsp3) is 0.636. The third-order valence-corrected chi connectivity index (χ3v) is 2.37. The maximum Gasteiger partial charge on any atom is 0.325 e. The van der Waals surface area contributed by atoms with Crippen molar-refractivity contribution in [3.63, 3.8) is 0 Å². The van der Waals surface area contributed by atoms with Crippen molar-refractivity contribution in [1.82, 2.24) is 10.6 Å². The molecule has 0 heterocycles. The first-order chi connectivity index (χ1) is 10.1. The van der Waals surface area contributed by atoms with Crippen molar-refractivity contribution in [2.75, 3.05) is 0 Å². The lowest BCUT2D eigenvalue weighted by atomic mass is 10.1. The van der Waals surface area contributed by atoms with Crippen LogP contribution in [0.25, 0.3) is 0 Å². The van der Waals surface area contributed by atoms with Crippen LogP contribution < -0.4 is 22.1 Å². The van der Waals surface area contributed by atoms with E-state index in [1.807, 2.05) is 5.73 Å². The lowest BCUT2D eigenvalue weighted by molar-refractivity contribution is -0.141. The van der Waals surface area contributed by atoms with E-state index in [2.05, 4.69) is 5.32 Å². The van der Waals surface area contributed by atoms with Crippen LogP contribution in [0.2, 0.25) is 2.82 Å². The molecule has 0 radical (unpaired) electrons. The SMILES string of the molecule is [2H]N[C@H](C)C(=O)N([2H])[C@@H](CCC(=O)N[C@@H](C)C(=O)O)C(N)=O. The number of carbonyl (C=O) groups excluding carboxylic acids is 3. The minimum absolute atomic E-state index is 0.229. The van der Waals surface area contributed by atoms with Crippen LogP contribution in [0.1, 0.15) is 26.7 Å². The summed E-state index contributed by atoms with van der Waals surface area (Å²) >= 11 is 0. The third kappa shape index (κ3) is 6.69. The molecule has 9 heteroatoms. The molecule has 0 saturated heterocycles. The van der Waals surface area contributed by atoms with Gasteiger partial charge in [-0.2, -0.15) is 0 Å². The molecule has 0 rings (SSSR count). The number of carboxylic acids is 1. The van der Waals surface area contributed by atoms with Crippen LogP contribution in [0, 0.1) is 0 Å². The van der Waals surface area contributed by atoms with Crippen LogP contribution >= 0.6 is 0 Å². The van der Waals surface area contributed by atoms with E-state index in [1.165, 1.54) is 13.8 Å². The summed E-state index contributed by atoms with van der Waals surface area (Å²) in [5.74, 6) is -3.68. The fourth-order valence-electron chi connectivity index (χ4n) is 1.18. The van der Waals surface area contributed by atoms with Crippen LogP contribution in [-0.2, 0) is 19.2 Å². The number of nitrogens with two attached hydrogens (primary N) is 2. The monoisotopic (exact) mass is 290 g/mol. The normalized spacial score (nSPS) is 16.1. The first-order valence-electron chi connectivity index (χ1n) is 6.87. The van der Waals surface area contributed by atoms with Crippen molar-refractivity contribution < 1.29 is 27.1 Å². The number of carbonyl (C=O) groups is 4. The van der Waals surface area contributed by atoms with Gasteiger partial charge in [-0.05, 0) is 20.3 Å². The molecule has 0 bridgehead atoms. The number of amides is 3. The van der Waals surface area contributed by atoms with E-state index in [4.69, 9.17) is 13.7 Å². The lowest BCUT2D eigenvalue weighted by Gasteiger charge is -2.17. The van der Waals surface area contributed by atoms with Crippen LogP contribution in [0.3, 0.4) is 0 Å². The molecule has 0 spiro atoms. The van der Waals surface area contributed by atoms with Crippen LogP contribution in [-0.4, -0.2) is 46.9 Å². The highest BCUT2D eigenvalue weighted by molar-refractivity contribution is 5.89. The summed E-state index contributed by atoms with van der Waals surface area (Å²) in [5, 5.41) is 11.1. The van der Waals surface area contributed by atoms with Crippen molar-refractivity contribution >= 4 is 23.7 Å². The Balaban J connectivity index is 4.67. The molecule has 9 nitrogen and oxygen atoms in total. The van der Waals surface area contributed by atoms with E-state index in [-0.39, 0.29) is 12.8 Å². The van der Waals surface area contributed by atoms with Crippen molar-refractivity contribution in [1.29, 1.82) is 0 Å². The molecule has 0 aromatic heterocycles. The van der Waals surface area contributed by atoms with Gasteiger partial charge in [-0.15, -0.1) is 0 Å². The number of aliphatic carboxylic acids is 1. The van der Waals surface area contributed by atoms with Gasteiger partial charge in [0.2, 0.25) is 17.7 Å². The molecular weight excluding hydrogens is 268 g/mol. The molecule has 0 aromatic carbocycles. The number of primary amides is 1. The van der Waals surface area contributed by atoms with Gasteiger partial charge in [-0.1, -0.05) is 0 Å². The molecule has 0 aliphatic carbocycles. The highest BCUT2D eigenvalue weighted by Gasteiger charge is 2.21. The second-order valence-electron chi connectivity index (χ2n) is 4.27. The van der Waals surface area contributed by atoms with E-state index in [0.717, 1.165) is 0 Å². The molecule has 3 atom stereocenters. The van der Waals surface area contributed by atoms with E-state index in [9.17, 15) is 19.2 Å². The number of carboxylic acid groups (broad SMARTS) is 1. The summed E-state index contributed by atoms with van der Waals surface area (Å²) < 4.78 is 14.4. The van der Waals surface area contributed by atoms with E-state index in [1.54, 1.807) is 0 Å². The van der Waals surface area contributed by atoms with Gasteiger partial charge in [0.1, 0.15) is 13.5 Å². The van der Waals surface area contributed by atoms with Gasteiger partial charge in [-0.25, -0.2) is 0 Å². The zero-order valence-electron chi connectivity index (χ0n) is 13.3. The summed E-state index contributed by atoms with van der Waals surface area (Å²) in [4.78, 5) is 45.1. The van der Waals surface area contributed by atoms with Crippen LogP contribution in [0.15, 0.2) is 0 Å². The third-order valence-electron chi connectivity index (χ3n) is 2.37. The van der Waals surface area contributed by atoms with Crippen LogP contribution in [0.5, 0.6) is 0 Å². The van der Waals surface area contributed by atoms with Gasteiger partial charge < -0.3 is 27.2 Å².